The van der Waals surface area contributed by atoms with Crippen molar-refractivity contribution in [2.45, 2.75) is 117 Å². The Bertz CT molecular complexity index is 3180. The lowest BCUT2D eigenvalue weighted by molar-refractivity contribution is 0.668. The Morgan fingerprint density at radius 1 is 0.316 bits per heavy atom. The van der Waals surface area contributed by atoms with Crippen LogP contribution in [0.25, 0.3) is 114 Å². The number of benzene rings is 4. The van der Waals surface area contributed by atoms with Crippen molar-refractivity contribution < 1.29 is 0 Å². The second kappa shape index (κ2) is 11.9. The van der Waals surface area contributed by atoms with Gasteiger partial charge < -0.3 is 13.2 Å². The van der Waals surface area contributed by atoms with Gasteiger partial charge in [0.05, 0.1) is 49.7 Å². The van der Waals surface area contributed by atoms with Crippen molar-refractivity contribution in [1.29, 1.82) is 0 Å². The van der Waals surface area contributed by atoms with Crippen molar-refractivity contribution in [3.63, 3.8) is 0 Å². The fourth-order valence-electron chi connectivity index (χ4n) is 12.4. The molecule has 0 radical (unpaired) electrons. The summed E-state index contributed by atoms with van der Waals surface area (Å²) in [6.45, 7) is 6.99. The van der Waals surface area contributed by atoms with E-state index in [4.69, 9.17) is 0 Å². The summed E-state index contributed by atoms with van der Waals surface area (Å²) >= 11 is 0. The number of hydrogen-bond donors (Lipinski definition) is 0. The van der Waals surface area contributed by atoms with Crippen LogP contribution in [0.4, 0.5) is 0 Å². The monoisotopic (exact) mass is 741 g/mol. The van der Waals surface area contributed by atoms with Crippen LogP contribution in [0.1, 0.15) is 115 Å². The maximum absolute atomic E-state index is 2.77. The highest BCUT2D eigenvalue weighted by atomic mass is 15.0. The van der Waals surface area contributed by atoms with Gasteiger partial charge in [0.2, 0.25) is 0 Å². The van der Waals surface area contributed by atoms with Gasteiger partial charge >= 0.3 is 0 Å². The Kier molecular flexibility index (Phi) is 6.83. The lowest BCUT2D eigenvalue weighted by Crippen LogP contribution is -2.07. The Labute approximate surface area is 332 Å². The predicted octanol–water partition coefficient (Wildman–Crippen LogP) is 15.8. The van der Waals surface area contributed by atoms with Crippen LogP contribution < -0.4 is 0 Å². The molecule has 0 aliphatic heterocycles. The molecule has 0 atom stereocenters. The molecule has 0 spiro atoms. The molecule has 0 saturated heterocycles. The molecule has 0 bridgehead atoms. The zero-order valence-electron chi connectivity index (χ0n) is 33.9. The molecule has 0 aliphatic rings. The van der Waals surface area contributed by atoms with E-state index < -0.39 is 0 Å². The zero-order valence-corrected chi connectivity index (χ0v) is 33.9. The van der Waals surface area contributed by atoms with Gasteiger partial charge in [0.15, 0.2) is 0 Å². The Morgan fingerprint density at radius 3 is 0.912 bits per heavy atom. The van der Waals surface area contributed by atoms with Crippen LogP contribution in [-0.4, -0.2) is 13.2 Å². The standard InChI is InChI=1S/C54H51N3/c1-4-7-10-13-19-31-28-40-34-22-17-26-38-44(34)47-52-46-43-35(23-16-25-37(43)49(31)55(40)52)41-29-32(20-14-11-8-5-2)51-39-27-18-24-36-42-30-33(21-15-12-9-6-3)50(38)57(42)54(47)48(45(36)39)53(46)56(41)51/h16-18,22-30H,4-15,19-21H2,1-3H3. The molecule has 13 aromatic rings. The number of rotatable bonds is 15. The van der Waals surface area contributed by atoms with Crippen molar-refractivity contribution >= 4 is 114 Å². The maximum Gasteiger partial charge on any atom is 0.0662 e. The summed E-state index contributed by atoms with van der Waals surface area (Å²) in [5.41, 5.74) is 17.5. The van der Waals surface area contributed by atoms with E-state index in [1.165, 1.54) is 208 Å². The molecule has 9 aromatic heterocycles. The Balaban J connectivity index is 1.31. The molecule has 0 amide bonds. The number of pyridine rings is 6. The number of aromatic nitrogens is 3. The molecule has 0 saturated carbocycles. The van der Waals surface area contributed by atoms with Crippen molar-refractivity contribution in [2.24, 2.45) is 0 Å². The first-order valence-corrected chi connectivity index (χ1v) is 22.7. The van der Waals surface area contributed by atoms with Gasteiger partial charge in [0.1, 0.15) is 0 Å². The average Bonchev–Trinajstić information content (AvgIpc) is 3.94. The van der Waals surface area contributed by atoms with Gasteiger partial charge in [-0.2, -0.15) is 0 Å². The molecule has 0 unspecified atom stereocenters. The van der Waals surface area contributed by atoms with E-state index >= 15 is 0 Å². The summed E-state index contributed by atoms with van der Waals surface area (Å²) in [6.07, 6.45) is 18.7. The van der Waals surface area contributed by atoms with Crippen LogP contribution in [0.5, 0.6) is 0 Å². The molecule has 9 heterocycles. The van der Waals surface area contributed by atoms with E-state index in [9.17, 15) is 0 Å². The highest BCUT2D eigenvalue weighted by molar-refractivity contribution is 6.48. The van der Waals surface area contributed by atoms with Gasteiger partial charge in [0.25, 0.3) is 0 Å². The van der Waals surface area contributed by atoms with Gasteiger partial charge in [-0.15, -0.1) is 0 Å². The summed E-state index contributed by atoms with van der Waals surface area (Å²) < 4.78 is 8.31. The van der Waals surface area contributed by atoms with Crippen LogP contribution in [0, 0.1) is 0 Å². The highest BCUT2D eigenvalue weighted by Gasteiger charge is 2.33. The van der Waals surface area contributed by atoms with Crippen LogP contribution in [0.3, 0.4) is 0 Å². The second-order valence-corrected chi connectivity index (χ2v) is 18.0. The van der Waals surface area contributed by atoms with Crippen molar-refractivity contribution in [1.82, 2.24) is 13.2 Å². The van der Waals surface area contributed by atoms with Crippen molar-refractivity contribution in [2.75, 3.05) is 0 Å². The summed E-state index contributed by atoms with van der Waals surface area (Å²) in [4.78, 5) is 0. The molecule has 3 nitrogen and oxygen atoms in total. The number of nitrogens with zero attached hydrogens (tertiary/aromatic N) is 3. The third-order valence-electron chi connectivity index (χ3n) is 14.8. The summed E-state index contributed by atoms with van der Waals surface area (Å²) in [6, 6.07) is 29.7. The first kappa shape index (κ1) is 32.8. The first-order chi connectivity index (χ1) is 28.2. The van der Waals surface area contributed by atoms with Crippen LogP contribution >= 0.6 is 0 Å². The maximum atomic E-state index is 2.77. The molecule has 3 heteroatoms. The number of aryl methyl sites for hydroxylation is 3. The van der Waals surface area contributed by atoms with E-state index in [0.29, 0.717) is 0 Å². The molecular formula is C54H51N3. The number of fused-ring (bicyclic) bond motifs is 6. The second-order valence-electron chi connectivity index (χ2n) is 18.0. The lowest BCUT2D eigenvalue weighted by Gasteiger charge is -2.27. The Hall–Kier alpha value is -5.28. The van der Waals surface area contributed by atoms with Crippen LogP contribution in [0.2, 0.25) is 0 Å². The number of hydrogen-bond acceptors (Lipinski definition) is 0. The summed E-state index contributed by atoms with van der Waals surface area (Å²) in [5.74, 6) is 0. The predicted molar refractivity (Wildman–Crippen MR) is 248 cm³/mol. The molecule has 0 aliphatic carbocycles. The molecule has 57 heavy (non-hydrogen) atoms. The van der Waals surface area contributed by atoms with Crippen LogP contribution in [0.15, 0.2) is 72.8 Å². The quantitative estimate of drug-likeness (QED) is 0.0564. The highest BCUT2D eigenvalue weighted by Crippen LogP contribution is 2.56. The lowest BCUT2D eigenvalue weighted by atomic mass is 9.87. The van der Waals surface area contributed by atoms with E-state index in [1.54, 1.807) is 0 Å². The van der Waals surface area contributed by atoms with Crippen molar-refractivity contribution in [3.05, 3.63) is 89.5 Å². The largest absolute Gasteiger partial charge is 0.308 e. The van der Waals surface area contributed by atoms with E-state index in [-0.39, 0.29) is 0 Å². The first-order valence-electron chi connectivity index (χ1n) is 22.7. The van der Waals surface area contributed by atoms with E-state index in [2.05, 4.69) is 107 Å². The SMILES string of the molecule is CCCCCCc1cc2c3cccc4c3c3c5c6c7c(cccc7c1n25)c1cc(CCCCCC)c2c5cccc7c5c(c3n3c7cc(CCCCCC)c43)c6n12. The minimum atomic E-state index is 1.13. The third kappa shape index (κ3) is 3.94. The smallest absolute Gasteiger partial charge is 0.0662 e. The molecular weight excluding hydrogens is 691 g/mol. The molecule has 4 aromatic carbocycles. The summed E-state index contributed by atoms with van der Waals surface area (Å²) in [7, 11) is 0. The minimum absolute atomic E-state index is 1.13. The topological polar surface area (TPSA) is 13.2 Å². The van der Waals surface area contributed by atoms with Gasteiger partial charge in [-0.05, 0) is 73.4 Å². The van der Waals surface area contributed by atoms with Crippen molar-refractivity contribution in [3.8, 4) is 0 Å². The average molecular weight is 742 g/mol. The molecule has 13 rings (SSSR count). The van der Waals surface area contributed by atoms with Crippen LogP contribution in [-0.2, 0) is 19.3 Å². The van der Waals surface area contributed by atoms with Gasteiger partial charge in [-0.3, -0.25) is 0 Å². The van der Waals surface area contributed by atoms with Gasteiger partial charge in [-0.1, -0.05) is 133 Å². The van der Waals surface area contributed by atoms with E-state index in [1.807, 2.05) is 0 Å². The molecule has 0 N–H and O–H groups in total. The fourth-order valence-corrected chi connectivity index (χ4v) is 12.4. The minimum Gasteiger partial charge on any atom is -0.308 e. The third-order valence-corrected chi connectivity index (χ3v) is 14.8. The summed E-state index contributed by atoms with van der Waals surface area (Å²) in [5, 5.41) is 17.4. The molecule has 0 fully saturated rings. The normalized spacial score (nSPS) is 13.5. The van der Waals surface area contributed by atoms with E-state index in [0.717, 1.165) is 19.3 Å². The van der Waals surface area contributed by atoms with Gasteiger partial charge in [-0.25, -0.2) is 0 Å². The number of unbranched alkanes of at least 4 members (excludes halogenated alkanes) is 9. The fraction of sp³-hybridized carbons (Fsp3) is 0.333. The molecule has 282 valence electrons. The zero-order chi connectivity index (χ0) is 37.7. The Morgan fingerprint density at radius 2 is 0.614 bits per heavy atom. The van der Waals surface area contributed by atoms with Gasteiger partial charge in [0, 0.05) is 64.6 Å².